The molecule has 0 fully saturated rings. The summed E-state index contributed by atoms with van der Waals surface area (Å²) in [5, 5.41) is 0. The van der Waals surface area contributed by atoms with Crippen LogP contribution < -0.4 is 5.73 Å². The van der Waals surface area contributed by atoms with Crippen molar-refractivity contribution in [3.05, 3.63) is 66.4 Å². The van der Waals surface area contributed by atoms with Gasteiger partial charge in [0, 0.05) is 11.5 Å². The average molecular weight is 263 g/mol. The fraction of sp³-hybridized carbons (Fsp3) is 0.176. The molecule has 1 aromatic carbocycles. The lowest BCUT2D eigenvalue weighted by atomic mass is 9.87. The lowest BCUT2D eigenvalue weighted by molar-refractivity contribution is 0.620. The van der Waals surface area contributed by atoms with Crippen molar-refractivity contribution in [1.82, 2.24) is 9.97 Å². The van der Waals surface area contributed by atoms with E-state index in [0.29, 0.717) is 11.9 Å². The van der Waals surface area contributed by atoms with Gasteiger partial charge in [-0.05, 0) is 12.0 Å². The van der Waals surface area contributed by atoms with Crippen molar-refractivity contribution in [1.29, 1.82) is 0 Å². The van der Waals surface area contributed by atoms with Crippen LogP contribution in [0.5, 0.6) is 0 Å². The van der Waals surface area contributed by atoms with E-state index >= 15 is 0 Å². The van der Waals surface area contributed by atoms with Crippen molar-refractivity contribution in [3.63, 3.8) is 0 Å². The summed E-state index contributed by atoms with van der Waals surface area (Å²) in [5.74, 6) is 1.00. The van der Waals surface area contributed by atoms with Gasteiger partial charge in [-0.25, -0.2) is 9.97 Å². The van der Waals surface area contributed by atoms with Crippen LogP contribution in [-0.2, 0) is 0 Å². The summed E-state index contributed by atoms with van der Waals surface area (Å²) in [4.78, 5) is 8.76. The minimum absolute atomic E-state index is 0.257. The Labute approximate surface area is 118 Å². The van der Waals surface area contributed by atoms with E-state index in [1.807, 2.05) is 36.4 Å². The fourth-order valence-electron chi connectivity index (χ4n) is 2.50. The maximum atomic E-state index is 5.88. The number of aromatic nitrogens is 2. The topological polar surface area (TPSA) is 51.8 Å². The predicted molar refractivity (Wildman–Crippen MR) is 82.1 cm³/mol. The predicted octanol–water partition coefficient (Wildman–Crippen LogP) is 3.57. The molecule has 3 rings (SSSR count). The molecule has 1 aliphatic rings. The molecule has 1 heterocycles. The highest BCUT2D eigenvalue weighted by molar-refractivity contribution is 5.60. The van der Waals surface area contributed by atoms with Crippen molar-refractivity contribution in [2.24, 2.45) is 5.92 Å². The summed E-state index contributed by atoms with van der Waals surface area (Å²) in [6, 6.07) is 12.1. The van der Waals surface area contributed by atoms with Gasteiger partial charge in [0.05, 0.1) is 11.4 Å². The molecular weight excluding hydrogens is 246 g/mol. The molecule has 1 aliphatic carbocycles. The van der Waals surface area contributed by atoms with E-state index in [2.05, 4.69) is 41.2 Å². The van der Waals surface area contributed by atoms with E-state index in [1.54, 1.807) is 0 Å². The van der Waals surface area contributed by atoms with E-state index in [4.69, 9.17) is 5.73 Å². The third-order valence-corrected chi connectivity index (χ3v) is 3.59. The first-order valence-electron chi connectivity index (χ1n) is 6.79. The van der Waals surface area contributed by atoms with Gasteiger partial charge in [0.2, 0.25) is 5.95 Å². The van der Waals surface area contributed by atoms with Crippen LogP contribution in [0.3, 0.4) is 0 Å². The van der Waals surface area contributed by atoms with E-state index in [0.717, 1.165) is 17.0 Å². The monoisotopic (exact) mass is 263 g/mol. The van der Waals surface area contributed by atoms with E-state index in [-0.39, 0.29) is 5.92 Å². The number of nitrogen functional groups attached to an aromatic ring is 1. The molecule has 1 aromatic heterocycles. The van der Waals surface area contributed by atoms with Gasteiger partial charge in [-0.3, -0.25) is 0 Å². The lowest BCUT2D eigenvalue weighted by Crippen LogP contribution is -2.11. The van der Waals surface area contributed by atoms with Crippen LogP contribution in [0.4, 0.5) is 5.95 Å². The second-order valence-corrected chi connectivity index (χ2v) is 5.06. The number of allylic oxidation sites excluding steroid dienone is 4. The molecule has 2 N–H and O–H groups in total. The number of nitrogens with zero attached hydrogens (tertiary/aromatic N) is 2. The molecule has 2 unspecified atom stereocenters. The Kier molecular flexibility index (Phi) is 3.33. The normalized spacial score (nSPS) is 21.1. The van der Waals surface area contributed by atoms with Crippen LogP contribution >= 0.6 is 0 Å². The third-order valence-electron chi connectivity index (χ3n) is 3.59. The number of rotatable bonds is 2. The zero-order chi connectivity index (χ0) is 13.9. The van der Waals surface area contributed by atoms with Crippen LogP contribution in [0, 0.1) is 5.92 Å². The first-order valence-corrected chi connectivity index (χ1v) is 6.79. The fourth-order valence-corrected chi connectivity index (χ4v) is 2.50. The van der Waals surface area contributed by atoms with Gasteiger partial charge >= 0.3 is 0 Å². The van der Waals surface area contributed by atoms with Gasteiger partial charge in [0.15, 0.2) is 0 Å². The second kappa shape index (κ2) is 5.29. The standard InChI is InChI=1S/C17H17N3/c1-12-7-5-6-10-14(12)16-11-15(19-17(18)20-16)13-8-3-2-4-9-13/h2-12,14H,1H3,(H2,18,19,20). The number of anilines is 1. The number of nitrogens with two attached hydrogens (primary N) is 1. The Balaban J connectivity index is 2.03. The van der Waals surface area contributed by atoms with Gasteiger partial charge in [-0.15, -0.1) is 0 Å². The summed E-state index contributed by atoms with van der Waals surface area (Å²) >= 11 is 0. The summed E-state index contributed by atoms with van der Waals surface area (Å²) in [5.41, 5.74) is 8.80. The highest BCUT2D eigenvalue weighted by Crippen LogP contribution is 2.30. The SMILES string of the molecule is CC1C=CC=CC1c1cc(-c2ccccc2)nc(N)n1. The molecule has 0 radical (unpaired) electrons. The number of hydrogen-bond donors (Lipinski definition) is 1. The first-order chi connectivity index (χ1) is 9.74. The minimum Gasteiger partial charge on any atom is -0.368 e. The Hall–Kier alpha value is -2.42. The van der Waals surface area contributed by atoms with Crippen molar-refractivity contribution in [2.45, 2.75) is 12.8 Å². The third kappa shape index (κ3) is 2.48. The lowest BCUT2D eigenvalue weighted by Gasteiger charge is -2.20. The van der Waals surface area contributed by atoms with Gasteiger partial charge < -0.3 is 5.73 Å². The minimum atomic E-state index is 0.257. The molecule has 2 aromatic rings. The molecular formula is C17H17N3. The quantitative estimate of drug-likeness (QED) is 0.901. The summed E-state index contributed by atoms with van der Waals surface area (Å²) in [6.07, 6.45) is 8.49. The largest absolute Gasteiger partial charge is 0.368 e. The van der Waals surface area contributed by atoms with Crippen molar-refractivity contribution in [2.75, 3.05) is 5.73 Å². The maximum Gasteiger partial charge on any atom is 0.220 e. The van der Waals surface area contributed by atoms with E-state index in [1.165, 1.54) is 0 Å². The molecule has 0 amide bonds. The molecule has 20 heavy (non-hydrogen) atoms. The second-order valence-electron chi connectivity index (χ2n) is 5.06. The van der Waals surface area contributed by atoms with Gasteiger partial charge in [0.25, 0.3) is 0 Å². The molecule has 0 aliphatic heterocycles. The Morgan fingerprint density at radius 1 is 1.00 bits per heavy atom. The van der Waals surface area contributed by atoms with Crippen molar-refractivity contribution < 1.29 is 0 Å². The zero-order valence-corrected chi connectivity index (χ0v) is 11.4. The van der Waals surface area contributed by atoms with Gasteiger partial charge in [-0.1, -0.05) is 61.6 Å². The highest BCUT2D eigenvalue weighted by atomic mass is 15.0. The van der Waals surface area contributed by atoms with E-state index < -0.39 is 0 Å². The zero-order valence-electron chi connectivity index (χ0n) is 11.4. The summed E-state index contributed by atoms with van der Waals surface area (Å²) < 4.78 is 0. The molecule has 0 saturated carbocycles. The summed E-state index contributed by atoms with van der Waals surface area (Å²) in [6.45, 7) is 2.19. The molecule has 3 nitrogen and oxygen atoms in total. The van der Waals surface area contributed by atoms with Crippen LogP contribution in [0.25, 0.3) is 11.3 Å². The van der Waals surface area contributed by atoms with Crippen LogP contribution in [-0.4, -0.2) is 9.97 Å². The van der Waals surface area contributed by atoms with Crippen LogP contribution in [0.15, 0.2) is 60.7 Å². The van der Waals surface area contributed by atoms with Crippen LogP contribution in [0.1, 0.15) is 18.5 Å². The number of benzene rings is 1. The van der Waals surface area contributed by atoms with Gasteiger partial charge in [0.1, 0.15) is 0 Å². The highest BCUT2D eigenvalue weighted by Gasteiger charge is 2.19. The smallest absolute Gasteiger partial charge is 0.220 e. The summed E-state index contributed by atoms with van der Waals surface area (Å²) in [7, 11) is 0. The molecule has 0 spiro atoms. The van der Waals surface area contributed by atoms with Crippen LogP contribution in [0.2, 0.25) is 0 Å². The Morgan fingerprint density at radius 2 is 1.75 bits per heavy atom. The number of hydrogen-bond acceptors (Lipinski definition) is 3. The average Bonchev–Trinajstić information content (AvgIpc) is 2.48. The molecule has 3 heteroatoms. The van der Waals surface area contributed by atoms with Crippen molar-refractivity contribution >= 4 is 5.95 Å². The molecule has 100 valence electrons. The molecule has 0 saturated heterocycles. The van der Waals surface area contributed by atoms with Gasteiger partial charge in [-0.2, -0.15) is 0 Å². The molecule has 0 bridgehead atoms. The first kappa shape index (κ1) is 12.6. The van der Waals surface area contributed by atoms with E-state index in [9.17, 15) is 0 Å². The Morgan fingerprint density at radius 3 is 2.50 bits per heavy atom. The molecule has 2 atom stereocenters. The van der Waals surface area contributed by atoms with Crippen molar-refractivity contribution in [3.8, 4) is 11.3 Å². The Bertz CT molecular complexity index is 659. The maximum absolute atomic E-state index is 5.88.